The van der Waals surface area contributed by atoms with Crippen LogP contribution in [-0.4, -0.2) is 42.9 Å². The summed E-state index contributed by atoms with van der Waals surface area (Å²) in [6.45, 7) is 1.50. The van der Waals surface area contributed by atoms with Gasteiger partial charge in [0.15, 0.2) is 6.73 Å². The van der Waals surface area contributed by atoms with Crippen molar-refractivity contribution in [2.75, 3.05) is 20.4 Å². The van der Waals surface area contributed by atoms with E-state index in [4.69, 9.17) is 9.94 Å². The van der Waals surface area contributed by atoms with Crippen LogP contribution in [0.25, 0.3) is 0 Å². The average Bonchev–Trinajstić information content (AvgIpc) is 2.98. The Morgan fingerprint density at radius 1 is 1.62 bits per heavy atom. The van der Waals surface area contributed by atoms with Crippen molar-refractivity contribution in [3.8, 4) is 0 Å². The fourth-order valence-electron chi connectivity index (χ4n) is 1.69. The van der Waals surface area contributed by atoms with Crippen molar-refractivity contribution in [3.63, 3.8) is 0 Å². The van der Waals surface area contributed by atoms with E-state index in [1.54, 1.807) is 0 Å². The molecule has 16 heavy (non-hydrogen) atoms. The molecule has 2 atom stereocenters. The normalized spacial score (nSPS) is 28.7. The smallest absolute Gasteiger partial charge is 0.209 e. The predicted octanol–water partition coefficient (Wildman–Crippen LogP) is -3.54. The molecule has 2 rings (SSSR count). The summed E-state index contributed by atoms with van der Waals surface area (Å²) in [4.78, 5) is 3.14. The van der Waals surface area contributed by atoms with Crippen molar-refractivity contribution in [1.82, 2.24) is 4.90 Å². The molecule has 6 heteroatoms. The number of hydrogen-bond donors (Lipinski definition) is 2. The highest BCUT2D eigenvalue weighted by atomic mass is 35.5. The summed E-state index contributed by atoms with van der Waals surface area (Å²) < 4.78 is 5.61. The van der Waals surface area contributed by atoms with Crippen molar-refractivity contribution in [2.45, 2.75) is 19.0 Å². The Balaban J connectivity index is 0.00000128. The summed E-state index contributed by atoms with van der Waals surface area (Å²) in [5, 5.41) is 11.6. The second-order valence-electron chi connectivity index (χ2n) is 4.22. The molecule has 0 aromatic rings. The number of nitrogens with zero attached hydrogens (tertiary/aromatic N) is 2. The first-order chi connectivity index (χ1) is 7.31. The number of ether oxygens (including phenoxy) is 1. The zero-order valence-electron chi connectivity index (χ0n) is 9.34. The van der Waals surface area contributed by atoms with E-state index in [-0.39, 0.29) is 18.6 Å². The van der Waals surface area contributed by atoms with Crippen LogP contribution in [0.3, 0.4) is 0 Å². The average molecular weight is 248 g/mol. The molecule has 92 valence electrons. The lowest BCUT2D eigenvalue weighted by Crippen LogP contribution is -3.12. The Bertz CT molecular complexity index is 269. The molecule has 1 aliphatic heterocycles. The van der Waals surface area contributed by atoms with Gasteiger partial charge in [0.25, 0.3) is 0 Å². The van der Waals surface area contributed by atoms with E-state index < -0.39 is 0 Å². The molecule has 1 saturated carbocycles. The predicted molar refractivity (Wildman–Crippen MR) is 55.5 cm³/mol. The first-order valence-electron chi connectivity index (χ1n) is 5.32. The highest BCUT2D eigenvalue weighted by Gasteiger charge is 2.28. The highest BCUT2D eigenvalue weighted by molar-refractivity contribution is 5.61. The van der Waals surface area contributed by atoms with E-state index >= 15 is 0 Å². The summed E-state index contributed by atoms with van der Waals surface area (Å²) in [6, 6.07) is 0. The first-order valence-corrected chi connectivity index (χ1v) is 5.32. The third-order valence-electron chi connectivity index (χ3n) is 2.87. The van der Waals surface area contributed by atoms with Gasteiger partial charge in [0.05, 0.1) is 12.8 Å². The van der Waals surface area contributed by atoms with Crippen molar-refractivity contribution in [1.29, 1.82) is 0 Å². The molecule has 0 amide bonds. The summed E-state index contributed by atoms with van der Waals surface area (Å²) in [5.41, 5.74) is 0. The van der Waals surface area contributed by atoms with Crippen LogP contribution in [0.2, 0.25) is 0 Å². The molecule has 1 heterocycles. The van der Waals surface area contributed by atoms with Crippen LogP contribution in [0.5, 0.6) is 0 Å². The number of nitrogens with one attached hydrogen (secondary N) is 1. The molecule has 0 bridgehead atoms. The lowest BCUT2D eigenvalue weighted by atomic mass is 10.4. The Morgan fingerprint density at radius 2 is 2.38 bits per heavy atom. The van der Waals surface area contributed by atoms with E-state index in [0.29, 0.717) is 6.73 Å². The Hall–Kier alpha value is -0.780. The monoisotopic (exact) mass is 247 g/mol. The molecular formula is C10H18ClN3O2. The molecule has 1 aliphatic carbocycles. The number of rotatable bonds is 5. The SMILES string of the molecule is CN1C=C[NH+](COCC2CC2)C1/C=N\O.[Cl-]. The maximum absolute atomic E-state index is 8.55. The minimum atomic E-state index is 0. The van der Waals surface area contributed by atoms with Crippen LogP contribution in [0.1, 0.15) is 12.8 Å². The van der Waals surface area contributed by atoms with Crippen molar-refractivity contribution >= 4 is 6.21 Å². The third kappa shape index (κ3) is 3.37. The number of hydrogen-bond acceptors (Lipinski definition) is 4. The van der Waals surface area contributed by atoms with Gasteiger partial charge in [0.1, 0.15) is 12.4 Å². The lowest BCUT2D eigenvalue weighted by Gasteiger charge is -2.21. The highest BCUT2D eigenvalue weighted by Crippen LogP contribution is 2.28. The molecule has 0 aromatic carbocycles. The van der Waals surface area contributed by atoms with Gasteiger partial charge in [-0.1, -0.05) is 5.16 Å². The molecule has 0 saturated heterocycles. The third-order valence-corrected chi connectivity index (χ3v) is 2.87. The van der Waals surface area contributed by atoms with Gasteiger partial charge >= 0.3 is 0 Å². The summed E-state index contributed by atoms with van der Waals surface area (Å²) in [7, 11) is 1.96. The Morgan fingerprint density at radius 3 is 3.00 bits per heavy atom. The van der Waals surface area contributed by atoms with Gasteiger partial charge in [-0.15, -0.1) is 0 Å². The largest absolute Gasteiger partial charge is 1.00 e. The van der Waals surface area contributed by atoms with Gasteiger partial charge in [-0.3, -0.25) is 4.90 Å². The van der Waals surface area contributed by atoms with Crippen LogP contribution < -0.4 is 17.3 Å². The Labute approximate surface area is 102 Å². The summed E-state index contributed by atoms with van der Waals surface area (Å²) in [5.74, 6) is 0.790. The second kappa shape index (κ2) is 6.08. The van der Waals surface area contributed by atoms with Crippen LogP contribution in [0.4, 0.5) is 0 Å². The molecule has 1 fully saturated rings. The van der Waals surface area contributed by atoms with Gasteiger partial charge in [0.2, 0.25) is 6.17 Å². The number of oxime groups is 1. The molecule has 2 N–H and O–H groups in total. The van der Waals surface area contributed by atoms with E-state index in [0.717, 1.165) is 17.4 Å². The fourth-order valence-corrected chi connectivity index (χ4v) is 1.69. The standard InChI is InChI=1S/C10H17N3O2.ClH/c1-12-4-5-13(10(12)6-11-14)8-15-7-9-2-3-9;/h4-6,9-10,14H,2-3,7-8H2,1H3;1H/b11-6-;. The van der Waals surface area contributed by atoms with Crippen LogP contribution >= 0.6 is 0 Å². The van der Waals surface area contributed by atoms with Crippen LogP contribution in [0, 0.1) is 5.92 Å². The molecule has 2 unspecified atom stereocenters. The lowest BCUT2D eigenvalue weighted by molar-refractivity contribution is -0.885. The zero-order valence-corrected chi connectivity index (χ0v) is 10.1. The maximum Gasteiger partial charge on any atom is 0.209 e. The van der Waals surface area contributed by atoms with Crippen LogP contribution in [-0.2, 0) is 4.74 Å². The minimum absolute atomic E-state index is 0. The van der Waals surface area contributed by atoms with E-state index in [1.165, 1.54) is 19.1 Å². The van der Waals surface area contributed by atoms with Gasteiger partial charge in [-0.05, 0) is 18.8 Å². The summed E-state index contributed by atoms with van der Waals surface area (Å²) in [6.07, 6.45) is 8.20. The molecule has 0 aromatic heterocycles. The zero-order chi connectivity index (χ0) is 10.7. The van der Waals surface area contributed by atoms with Gasteiger partial charge < -0.3 is 27.3 Å². The molecule has 5 nitrogen and oxygen atoms in total. The van der Waals surface area contributed by atoms with Gasteiger partial charge in [0, 0.05) is 7.05 Å². The molecular weight excluding hydrogens is 230 g/mol. The van der Waals surface area contributed by atoms with Crippen molar-refractivity contribution < 1.29 is 27.3 Å². The molecule has 2 aliphatic rings. The van der Waals surface area contributed by atoms with Crippen LogP contribution in [0.15, 0.2) is 17.6 Å². The first kappa shape index (κ1) is 13.3. The number of halogens is 1. The van der Waals surface area contributed by atoms with Gasteiger partial charge in [-0.2, -0.15) is 0 Å². The van der Waals surface area contributed by atoms with Crippen molar-refractivity contribution in [2.24, 2.45) is 11.1 Å². The molecule has 0 spiro atoms. The van der Waals surface area contributed by atoms with Crippen molar-refractivity contribution in [3.05, 3.63) is 12.4 Å². The Kier molecular flexibility index (Phi) is 5.05. The second-order valence-corrected chi connectivity index (χ2v) is 4.22. The molecule has 0 radical (unpaired) electrons. The number of quaternary nitrogens is 1. The van der Waals surface area contributed by atoms with E-state index in [1.807, 2.05) is 24.3 Å². The van der Waals surface area contributed by atoms with E-state index in [9.17, 15) is 0 Å². The van der Waals surface area contributed by atoms with E-state index in [2.05, 4.69) is 5.16 Å². The minimum Gasteiger partial charge on any atom is -1.00 e. The quantitative estimate of drug-likeness (QED) is 0.301. The fraction of sp³-hybridized carbons (Fsp3) is 0.700. The maximum atomic E-state index is 8.55. The van der Waals surface area contributed by atoms with Gasteiger partial charge in [-0.25, -0.2) is 0 Å². The summed E-state index contributed by atoms with van der Waals surface area (Å²) >= 11 is 0. The topological polar surface area (TPSA) is 49.5 Å².